The number of nitrogens with zero attached hydrogens (tertiary/aromatic N) is 2. The number of rotatable bonds is 5. The third-order valence-corrected chi connectivity index (χ3v) is 3.47. The zero-order chi connectivity index (χ0) is 16.9. The van der Waals surface area contributed by atoms with Crippen molar-refractivity contribution in [3.63, 3.8) is 0 Å². The van der Waals surface area contributed by atoms with Crippen LogP contribution in [0.2, 0.25) is 5.02 Å². The Morgan fingerprint density at radius 3 is 2.58 bits per heavy atom. The van der Waals surface area contributed by atoms with Gasteiger partial charge in [0.15, 0.2) is 11.6 Å². The molecule has 122 valence electrons. The van der Waals surface area contributed by atoms with E-state index in [1.807, 2.05) is 0 Å². The monoisotopic (exact) mass is 347 g/mol. The van der Waals surface area contributed by atoms with E-state index in [0.29, 0.717) is 22.9 Å². The predicted molar refractivity (Wildman–Crippen MR) is 87.2 cm³/mol. The smallest absolute Gasteiger partial charge is 0.224 e. The van der Waals surface area contributed by atoms with Crippen molar-refractivity contribution in [2.45, 2.75) is 6.54 Å². The minimum atomic E-state index is -0.983. The van der Waals surface area contributed by atoms with E-state index in [1.165, 1.54) is 6.07 Å². The van der Waals surface area contributed by atoms with Crippen molar-refractivity contribution in [1.82, 2.24) is 9.97 Å². The van der Waals surface area contributed by atoms with Crippen LogP contribution in [-0.2, 0) is 6.54 Å². The van der Waals surface area contributed by atoms with Crippen LogP contribution < -0.4 is 10.1 Å². The second kappa shape index (κ2) is 7.23. The molecule has 1 aromatic carbocycles. The lowest BCUT2D eigenvalue weighted by molar-refractivity contribution is 0.443. The molecule has 4 nitrogen and oxygen atoms in total. The molecule has 2 aromatic heterocycles. The summed E-state index contributed by atoms with van der Waals surface area (Å²) in [6.45, 7) is 0.351. The fraction of sp³-hybridized carbons (Fsp3) is 0.0588. The summed E-state index contributed by atoms with van der Waals surface area (Å²) in [6, 6.07) is 10.3. The van der Waals surface area contributed by atoms with Crippen LogP contribution in [0.15, 0.2) is 54.9 Å². The maximum atomic E-state index is 13.3. The van der Waals surface area contributed by atoms with Gasteiger partial charge < -0.3 is 10.1 Å². The summed E-state index contributed by atoms with van der Waals surface area (Å²) in [5, 5.41) is 3.57. The van der Waals surface area contributed by atoms with E-state index in [2.05, 4.69) is 15.3 Å². The fourth-order valence-electron chi connectivity index (χ4n) is 2.00. The Bertz CT molecular complexity index is 861. The molecule has 0 aliphatic carbocycles. The number of ether oxygens (including phenoxy) is 1. The first kappa shape index (κ1) is 16.1. The van der Waals surface area contributed by atoms with Crippen LogP contribution in [-0.4, -0.2) is 9.97 Å². The second-order valence-electron chi connectivity index (χ2n) is 4.83. The number of pyridine rings is 2. The lowest BCUT2D eigenvalue weighted by Crippen LogP contribution is -2.04. The second-order valence-corrected chi connectivity index (χ2v) is 5.24. The van der Waals surface area contributed by atoms with Crippen LogP contribution in [0, 0.1) is 11.6 Å². The molecule has 0 fully saturated rings. The molecule has 0 aliphatic heterocycles. The zero-order valence-electron chi connectivity index (χ0n) is 12.3. The van der Waals surface area contributed by atoms with Crippen LogP contribution in [0.5, 0.6) is 11.6 Å². The summed E-state index contributed by atoms with van der Waals surface area (Å²) >= 11 is 6.04. The number of hydrogen-bond acceptors (Lipinski definition) is 4. The number of aromatic nitrogens is 2. The first-order chi connectivity index (χ1) is 11.6. The average Bonchev–Trinajstić information content (AvgIpc) is 2.59. The van der Waals surface area contributed by atoms with Gasteiger partial charge in [-0.1, -0.05) is 17.7 Å². The van der Waals surface area contributed by atoms with Crippen molar-refractivity contribution >= 4 is 17.4 Å². The third-order valence-electron chi connectivity index (χ3n) is 3.16. The Kier molecular flexibility index (Phi) is 4.86. The molecular weight excluding hydrogens is 336 g/mol. The first-order valence-corrected chi connectivity index (χ1v) is 7.42. The van der Waals surface area contributed by atoms with Crippen LogP contribution >= 0.6 is 11.6 Å². The molecule has 0 aliphatic rings. The molecular formula is C17H12ClF2N3O. The van der Waals surface area contributed by atoms with Crippen molar-refractivity contribution in [2.24, 2.45) is 0 Å². The highest BCUT2D eigenvalue weighted by Gasteiger charge is 2.09. The van der Waals surface area contributed by atoms with Crippen LogP contribution in [0.1, 0.15) is 5.56 Å². The quantitative estimate of drug-likeness (QED) is 0.719. The molecule has 2 heterocycles. The van der Waals surface area contributed by atoms with Gasteiger partial charge in [0.05, 0.1) is 5.02 Å². The summed E-state index contributed by atoms with van der Waals surface area (Å²) in [5.74, 6) is -0.951. The van der Waals surface area contributed by atoms with Crippen LogP contribution in [0.25, 0.3) is 0 Å². The van der Waals surface area contributed by atoms with Crippen molar-refractivity contribution in [1.29, 1.82) is 0 Å². The SMILES string of the molecule is Fc1ccc(Oc2ncccc2CNc2ncccc2Cl)cc1F. The topological polar surface area (TPSA) is 47.0 Å². The number of anilines is 1. The van der Waals surface area contributed by atoms with Gasteiger partial charge in [0.25, 0.3) is 0 Å². The van der Waals surface area contributed by atoms with E-state index < -0.39 is 11.6 Å². The molecule has 0 spiro atoms. The lowest BCUT2D eigenvalue weighted by atomic mass is 10.2. The molecule has 0 unspecified atom stereocenters. The Hall–Kier alpha value is -2.73. The highest BCUT2D eigenvalue weighted by molar-refractivity contribution is 6.32. The van der Waals surface area contributed by atoms with Crippen molar-refractivity contribution in [2.75, 3.05) is 5.32 Å². The van der Waals surface area contributed by atoms with Gasteiger partial charge in [0.2, 0.25) is 5.88 Å². The van der Waals surface area contributed by atoms with Gasteiger partial charge in [-0.25, -0.2) is 18.7 Å². The molecule has 3 aromatic rings. The van der Waals surface area contributed by atoms with E-state index in [9.17, 15) is 8.78 Å². The molecule has 0 saturated heterocycles. The number of nitrogens with one attached hydrogen (secondary N) is 1. The Morgan fingerprint density at radius 1 is 1.00 bits per heavy atom. The molecule has 0 bridgehead atoms. The summed E-state index contributed by atoms with van der Waals surface area (Å²) in [6.07, 6.45) is 3.17. The summed E-state index contributed by atoms with van der Waals surface area (Å²) < 4.78 is 31.8. The first-order valence-electron chi connectivity index (χ1n) is 7.04. The molecule has 0 amide bonds. The zero-order valence-corrected chi connectivity index (χ0v) is 13.1. The fourth-order valence-corrected chi connectivity index (χ4v) is 2.19. The molecule has 1 N–H and O–H groups in total. The third kappa shape index (κ3) is 3.78. The predicted octanol–water partition coefficient (Wildman–Crippen LogP) is 4.81. The van der Waals surface area contributed by atoms with Gasteiger partial charge in [-0.05, 0) is 30.3 Å². The molecule has 0 saturated carbocycles. The van der Waals surface area contributed by atoms with Gasteiger partial charge in [-0.3, -0.25) is 0 Å². The molecule has 0 atom stereocenters. The maximum Gasteiger partial charge on any atom is 0.224 e. The van der Waals surface area contributed by atoms with E-state index in [4.69, 9.17) is 16.3 Å². The summed E-state index contributed by atoms with van der Waals surface area (Å²) in [7, 11) is 0. The van der Waals surface area contributed by atoms with E-state index in [1.54, 1.807) is 36.7 Å². The highest BCUT2D eigenvalue weighted by atomic mass is 35.5. The van der Waals surface area contributed by atoms with Crippen molar-refractivity contribution in [3.05, 3.63) is 77.1 Å². The average molecular weight is 348 g/mol. The van der Waals surface area contributed by atoms with Crippen LogP contribution in [0.3, 0.4) is 0 Å². The normalized spacial score (nSPS) is 10.5. The molecule has 3 rings (SSSR count). The molecule has 0 radical (unpaired) electrons. The largest absolute Gasteiger partial charge is 0.439 e. The van der Waals surface area contributed by atoms with Gasteiger partial charge in [-0.2, -0.15) is 0 Å². The number of hydrogen-bond donors (Lipinski definition) is 1. The minimum Gasteiger partial charge on any atom is -0.439 e. The number of halogens is 3. The highest BCUT2D eigenvalue weighted by Crippen LogP contribution is 2.25. The van der Waals surface area contributed by atoms with Crippen molar-refractivity contribution < 1.29 is 13.5 Å². The van der Waals surface area contributed by atoms with Crippen molar-refractivity contribution in [3.8, 4) is 11.6 Å². The number of benzene rings is 1. The summed E-state index contributed by atoms with van der Waals surface area (Å²) in [5.41, 5.74) is 0.712. The van der Waals surface area contributed by atoms with E-state index >= 15 is 0 Å². The standard InChI is InChI=1S/C17H12ClF2N3O/c18-13-4-2-7-21-16(13)23-10-11-3-1-8-22-17(11)24-12-5-6-14(19)15(20)9-12/h1-9H,10H2,(H,21,23). The molecule has 7 heteroatoms. The van der Waals surface area contributed by atoms with E-state index in [-0.39, 0.29) is 11.6 Å². The Balaban J connectivity index is 1.77. The van der Waals surface area contributed by atoms with Gasteiger partial charge in [0, 0.05) is 30.6 Å². The van der Waals surface area contributed by atoms with Gasteiger partial charge in [0.1, 0.15) is 11.6 Å². The Labute approximate surface area is 142 Å². The van der Waals surface area contributed by atoms with Gasteiger partial charge in [-0.15, -0.1) is 0 Å². The summed E-state index contributed by atoms with van der Waals surface area (Å²) in [4.78, 5) is 8.26. The van der Waals surface area contributed by atoms with Crippen LogP contribution in [0.4, 0.5) is 14.6 Å². The maximum absolute atomic E-state index is 13.3. The molecule has 24 heavy (non-hydrogen) atoms. The van der Waals surface area contributed by atoms with E-state index in [0.717, 1.165) is 12.1 Å². The Morgan fingerprint density at radius 2 is 1.79 bits per heavy atom. The minimum absolute atomic E-state index is 0.157. The van der Waals surface area contributed by atoms with Gasteiger partial charge >= 0.3 is 0 Å². The lowest BCUT2D eigenvalue weighted by Gasteiger charge is -2.11.